The third-order valence-corrected chi connectivity index (χ3v) is 7.11. The number of nitrogens with zero attached hydrogens (tertiary/aromatic N) is 6. The number of aryl methyl sites for hydroxylation is 1. The van der Waals surface area contributed by atoms with Crippen molar-refractivity contribution in [3.8, 4) is 17.2 Å². The quantitative estimate of drug-likeness (QED) is 0.394. The molecule has 10 heteroatoms. The van der Waals surface area contributed by atoms with E-state index in [1.807, 2.05) is 12.1 Å². The topological polar surface area (TPSA) is 111 Å². The summed E-state index contributed by atoms with van der Waals surface area (Å²) in [5, 5.41) is 11.5. The summed E-state index contributed by atoms with van der Waals surface area (Å²) in [5.74, 6) is 3.22. The number of anilines is 2. The highest BCUT2D eigenvalue weighted by Gasteiger charge is 2.23. The molecule has 2 fully saturated rings. The standard InChI is InChI=1S/C27H31N7O3/c1-18-32-33-27(37-18)20-4-7-25(30-16-20)31-21-5-2-19(3-6-21)17-36-24-15-22(34-10-12-35-13-11-34)14-23-26(24)29-9-8-28-23/h4,7-9,14-16,19,21H,2-3,5-6,10-13,17H2,1H3,(H,30,31). The number of ether oxygens (including phenoxy) is 2. The van der Waals surface area contributed by atoms with Crippen LogP contribution < -0.4 is 15.0 Å². The van der Waals surface area contributed by atoms with E-state index in [4.69, 9.17) is 13.9 Å². The van der Waals surface area contributed by atoms with Crippen molar-refractivity contribution in [2.24, 2.45) is 5.92 Å². The van der Waals surface area contributed by atoms with Gasteiger partial charge in [0.1, 0.15) is 17.1 Å². The van der Waals surface area contributed by atoms with E-state index in [0.29, 0.717) is 30.3 Å². The van der Waals surface area contributed by atoms with Gasteiger partial charge in [-0.15, -0.1) is 10.2 Å². The smallest absolute Gasteiger partial charge is 0.249 e. The molecular formula is C27H31N7O3. The van der Waals surface area contributed by atoms with Gasteiger partial charge in [0, 0.05) is 56.4 Å². The van der Waals surface area contributed by atoms with Crippen LogP contribution in [0.2, 0.25) is 0 Å². The van der Waals surface area contributed by atoms with Gasteiger partial charge in [0.2, 0.25) is 11.8 Å². The minimum absolute atomic E-state index is 0.400. The van der Waals surface area contributed by atoms with E-state index in [0.717, 1.165) is 85.8 Å². The molecule has 6 rings (SSSR count). The SMILES string of the molecule is Cc1nnc(-c2ccc(NC3CCC(COc4cc(N5CCOCC5)cc5nccnc45)CC3)nc2)o1. The Balaban J connectivity index is 1.04. The molecule has 0 spiro atoms. The number of benzene rings is 1. The number of morpholine rings is 1. The van der Waals surface area contributed by atoms with Crippen LogP contribution in [0.1, 0.15) is 31.6 Å². The van der Waals surface area contributed by atoms with Crippen molar-refractivity contribution in [3.05, 3.63) is 48.7 Å². The Labute approximate surface area is 215 Å². The fraction of sp³-hybridized carbons (Fsp3) is 0.444. The van der Waals surface area contributed by atoms with Crippen LogP contribution in [0.25, 0.3) is 22.5 Å². The van der Waals surface area contributed by atoms with Gasteiger partial charge in [-0.25, -0.2) is 9.97 Å². The van der Waals surface area contributed by atoms with Gasteiger partial charge in [-0.2, -0.15) is 0 Å². The third kappa shape index (κ3) is 5.48. The van der Waals surface area contributed by atoms with Gasteiger partial charge in [0.15, 0.2) is 0 Å². The van der Waals surface area contributed by atoms with Gasteiger partial charge < -0.3 is 24.1 Å². The average molecular weight is 502 g/mol. The van der Waals surface area contributed by atoms with Crippen molar-refractivity contribution in [3.63, 3.8) is 0 Å². The summed E-state index contributed by atoms with van der Waals surface area (Å²) in [5.41, 5.74) is 3.62. The van der Waals surface area contributed by atoms with Gasteiger partial charge in [-0.1, -0.05) is 0 Å². The second kappa shape index (κ2) is 10.7. The minimum atomic E-state index is 0.400. The first kappa shape index (κ1) is 23.6. The van der Waals surface area contributed by atoms with Crippen LogP contribution in [0.15, 0.2) is 47.3 Å². The van der Waals surface area contributed by atoms with E-state index in [1.54, 1.807) is 25.5 Å². The number of aromatic nitrogens is 5. The summed E-state index contributed by atoms with van der Waals surface area (Å²) >= 11 is 0. The first-order valence-corrected chi connectivity index (χ1v) is 12.9. The van der Waals surface area contributed by atoms with Gasteiger partial charge in [-0.3, -0.25) is 4.98 Å². The highest BCUT2D eigenvalue weighted by Crippen LogP contribution is 2.32. The van der Waals surface area contributed by atoms with E-state index in [9.17, 15) is 0 Å². The lowest BCUT2D eigenvalue weighted by Crippen LogP contribution is -2.36. The fourth-order valence-corrected chi connectivity index (χ4v) is 5.05. The van der Waals surface area contributed by atoms with Crippen molar-refractivity contribution >= 4 is 22.5 Å². The lowest BCUT2D eigenvalue weighted by Gasteiger charge is -2.30. The molecule has 0 amide bonds. The van der Waals surface area contributed by atoms with E-state index in [2.05, 4.69) is 47.5 Å². The Morgan fingerprint density at radius 3 is 2.59 bits per heavy atom. The molecule has 1 aliphatic heterocycles. The number of rotatable bonds is 7. The number of pyridine rings is 1. The highest BCUT2D eigenvalue weighted by molar-refractivity contribution is 5.85. The van der Waals surface area contributed by atoms with Gasteiger partial charge in [0.05, 0.1) is 30.9 Å². The maximum atomic E-state index is 6.39. The molecule has 0 bridgehead atoms. The molecule has 10 nitrogen and oxygen atoms in total. The van der Waals surface area contributed by atoms with E-state index >= 15 is 0 Å². The molecule has 1 saturated heterocycles. The number of fused-ring (bicyclic) bond motifs is 1. The molecule has 1 aliphatic carbocycles. The summed E-state index contributed by atoms with van der Waals surface area (Å²) in [6.07, 6.45) is 9.59. The van der Waals surface area contributed by atoms with Crippen LogP contribution in [0.3, 0.4) is 0 Å². The van der Waals surface area contributed by atoms with E-state index < -0.39 is 0 Å². The third-order valence-electron chi connectivity index (χ3n) is 7.11. The molecule has 0 radical (unpaired) electrons. The van der Waals surface area contributed by atoms with Crippen LogP contribution in [0, 0.1) is 12.8 Å². The second-order valence-corrected chi connectivity index (χ2v) is 9.70. The van der Waals surface area contributed by atoms with Crippen molar-refractivity contribution < 1.29 is 13.9 Å². The Kier molecular flexibility index (Phi) is 6.81. The Hall–Kier alpha value is -3.79. The van der Waals surface area contributed by atoms with Crippen LogP contribution in [-0.2, 0) is 4.74 Å². The van der Waals surface area contributed by atoms with Crippen LogP contribution in [-0.4, -0.2) is 64.1 Å². The summed E-state index contributed by atoms with van der Waals surface area (Å²) < 4.78 is 17.4. The molecule has 4 aromatic rings. The van der Waals surface area contributed by atoms with Crippen molar-refractivity contribution in [2.45, 2.75) is 38.6 Å². The highest BCUT2D eigenvalue weighted by atomic mass is 16.5. The summed E-state index contributed by atoms with van der Waals surface area (Å²) in [6, 6.07) is 8.54. The molecule has 1 N–H and O–H groups in total. The molecular weight excluding hydrogens is 470 g/mol. The Bertz CT molecular complexity index is 1330. The van der Waals surface area contributed by atoms with E-state index in [-0.39, 0.29) is 0 Å². The van der Waals surface area contributed by atoms with Crippen LogP contribution in [0.4, 0.5) is 11.5 Å². The summed E-state index contributed by atoms with van der Waals surface area (Å²) in [7, 11) is 0. The zero-order valence-corrected chi connectivity index (χ0v) is 21.0. The van der Waals surface area contributed by atoms with Crippen molar-refractivity contribution in [2.75, 3.05) is 43.1 Å². The second-order valence-electron chi connectivity index (χ2n) is 9.70. The van der Waals surface area contributed by atoms with E-state index in [1.165, 1.54) is 0 Å². The first-order valence-electron chi connectivity index (χ1n) is 12.9. The predicted octanol–water partition coefficient (Wildman–Crippen LogP) is 4.27. The molecule has 0 atom stereocenters. The van der Waals surface area contributed by atoms with Crippen LogP contribution in [0.5, 0.6) is 5.75 Å². The van der Waals surface area contributed by atoms with Gasteiger partial charge in [-0.05, 0) is 49.8 Å². The molecule has 1 aromatic carbocycles. The van der Waals surface area contributed by atoms with Crippen molar-refractivity contribution in [1.29, 1.82) is 0 Å². The lowest BCUT2D eigenvalue weighted by molar-refractivity contribution is 0.122. The summed E-state index contributed by atoms with van der Waals surface area (Å²) in [4.78, 5) is 16.0. The maximum absolute atomic E-state index is 6.39. The first-order chi connectivity index (χ1) is 18.2. The monoisotopic (exact) mass is 501 g/mol. The number of hydrogen-bond donors (Lipinski definition) is 1. The largest absolute Gasteiger partial charge is 0.491 e. The number of nitrogens with one attached hydrogen (secondary N) is 1. The average Bonchev–Trinajstić information content (AvgIpc) is 3.39. The molecule has 4 heterocycles. The predicted molar refractivity (Wildman–Crippen MR) is 140 cm³/mol. The molecule has 0 unspecified atom stereocenters. The minimum Gasteiger partial charge on any atom is -0.491 e. The maximum Gasteiger partial charge on any atom is 0.249 e. The zero-order valence-electron chi connectivity index (χ0n) is 21.0. The summed E-state index contributed by atoms with van der Waals surface area (Å²) in [6.45, 7) is 5.68. The molecule has 37 heavy (non-hydrogen) atoms. The molecule has 2 aliphatic rings. The number of hydrogen-bond acceptors (Lipinski definition) is 10. The van der Waals surface area contributed by atoms with Crippen molar-refractivity contribution in [1.82, 2.24) is 25.1 Å². The molecule has 192 valence electrons. The normalized spacial score (nSPS) is 20.2. The Morgan fingerprint density at radius 1 is 1.00 bits per heavy atom. The molecule has 3 aromatic heterocycles. The molecule has 1 saturated carbocycles. The fourth-order valence-electron chi connectivity index (χ4n) is 5.05. The Morgan fingerprint density at radius 2 is 1.84 bits per heavy atom. The van der Waals surface area contributed by atoms with Gasteiger partial charge in [0.25, 0.3) is 0 Å². The van der Waals surface area contributed by atoms with Gasteiger partial charge >= 0.3 is 0 Å². The zero-order chi connectivity index (χ0) is 25.0. The lowest BCUT2D eigenvalue weighted by atomic mass is 9.86. The van der Waals surface area contributed by atoms with Crippen LogP contribution >= 0.6 is 0 Å².